The van der Waals surface area contributed by atoms with E-state index < -0.39 is 0 Å². The van der Waals surface area contributed by atoms with Gasteiger partial charge < -0.3 is 9.13 Å². The van der Waals surface area contributed by atoms with Gasteiger partial charge in [0.1, 0.15) is 0 Å². The molecule has 0 aliphatic carbocycles. The van der Waals surface area contributed by atoms with E-state index in [9.17, 15) is 10.5 Å². The summed E-state index contributed by atoms with van der Waals surface area (Å²) in [7, 11) is 0. The van der Waals surface area contributed by atoms with Gasteiger partial charge in [-0.2, -0.15) is 10.5 Å². The fraction of sp³-hybridized carbons (Fsp3) is 0. The fourth-order valence-corrected chi connectivity index (χ4v) is 7.37. The smallest absolute Gasteiger partial charge is 0.189 e. The molecule has 50 heavy (non-hydrogen) atoms. The van der Waals surface area contributed by atoms with Crippen LogP contribution in [0.15, 0.2) is 152 Å². The lowest BCUT2D eigenvalue weighted by molar-refractivity contribution is 1.18. The van der Waals surface area contributed by atoms with Crippen molar-refractivity contribution >= 4 is 49.3 Å². The molecule has 0 aliphatic heterocycles. The van der Waals surface area contributed by atoms with Crippen molar-refractivity contribution in [3.05, 3.63) is 174 Å². The molecule has 0 unspecified atom stereocenters. The molecule has 0 saturated heterocycles. The molecule has 230 valence electrons. The summed E-state index contributed by atoms with van der Waals surface area (Å²) < 4.78 is 4.44. The van der Waals surface area contributed by atoms with Gasteiger partial charge in [-0.25, -0.2) is 4.85 Å². The Hall–Kier alpha value is -7.39. The predicted molar refractivity (Wildman–Crippen MR) is 202 cm³/mol. The quantitative estimate of drug-likeness (QED) is 0.181. The fourth-order valence-electron chi connectivity index (χ4n) is 7.37. The summed E-state index contributed by atoms with van der Waals surface area (Å²) in [5.41, 5.74) is 11.5. The van der Waals surface area contributed by atoms with Crippen molar-refractivity contribution in [3.8, 4) is 45.8 Å². The Balaban J connectivity index is 1.16. The van der Waals surface area contributed by atoms with Gasteiger partial charge in [0.15, 0.2) is 5.69 Å². The molecule has 0 radical (unpaired) electrons. The first-order chi connectivity index (χ1) is 24.7. The Morgan fingerprint density at radius 3 is 1.70 bits per heavy atom. The average molecular weight is 636 g/mol. The molecule has 9 rings (SSSR count). The van der Waals surface area contributed by atoms with E-state index in [0.29, 0.717) is 16.8 Å². The molecule has 7 aromatic carbocycles. The number of nitriles is 2. The van der Waals surface area contributed by atoms with E-state index >= 15 is 0 Å². The SMILES string of the molecule is [C-]#[N+]c1ccc(-c2ccc(-c3ccc(-n4c5ccccc5c5cc(C#N)ccc54)cc3)c(C#N)c2)c(-n2c3ccccc3c3ccccc32)c1. The normalized spacial score (nSPS) is 11.1. The second-order valence-electron chi connectivity index (χ2n) is 12.3. The first-order valence-corrected chi connectivity index (χ1v) is 16.3. The van der Waals surface area contributed by atoms with E-state index in [4.69, 9.17) is 6.57 Å². The highest BCUT2D eigenvalue weighted by molar-refractivity contribution is 6.11. The summed E-state index contributed by atoms with van der Waals surface area (Å²) in [6.45, 7) is 7.77. The van der Waals surface area contributed by atoms with Gasteiger partial charge >= 0.3 is 0 Å². The van der Waals surface area contributed by atoms with Gasteiger partial charge in [0.05, 0.1) is 51.9 Å². The minimum absolute atomic E-state index is 0.552. The third kappa shape index (κ3) is 4.38. The number of hydrogen-bond donors (Lipinski definition) is 0. The average Bonchev–Trinajstić information content (AvgIpc) is 3.70. The van der Waals surface area contributed by atoms with Gasteiger partial charge in [0.2, 0.25) is 0 Å². The maximum Gasteiger partial charge on any atom is 0.189 e. The largest absolute Gasteiger partial charge is 0.310 e. The lowest BCUT2D eigenvalue weighted by Gasteiger charge is -2.16. The zero-order valence-corrected chi connectivity index (χ0v) is 26.7. The summed E-state index contributed by atoms with van der Waals surface area (Å²) in [6.07, 6.45) is 0. The molecule has 0 saturated carbocycles. The van der Waals surface area contributed by atoms with Crippen LogP contribution in [-0.4, -0.2) is 9.13 Å². The number of para-hydroxylation sites is 3. The van der Waals surface area contributed by atoms with E-state index in [1.54, 1.807) is 0 Å². The van der Waals surface area contributed by atoms with Crippen molar-refractivity contribution < 1.29 is 0 Å². The number of hydrogen-bond acceptors (Lipinski definition) is 2. The van der Waals surface area contributed by atoms with Crippen LogP contribution >= 0.6 is 0 Å². The van der Waals surface area contributed by atoms with Crippen molar-refractivity contribution in [3.63, 3.8) is 0 Å². The lowest BCUT2D eigenvalue weighted by Crippen LogP contribution is -1.98. The van der Waals surface area contributed by atoms with Gasteiger partial charge in [-0.3, -0.25) is 0 Å². The zero-order valence-electron chi connectivity index (χ0n) is 26.7. The van der Waals surface area contributed by atoms with Crippen LogP contribution in [0.25, 0.3) is 82.1 Å². The molecular weight excluding hydrogens is 611 g/mol. The van der Waals surface area contributed by atoms with Crippen LogP contribution in [-0.2, 0) is 0 Å². The summed E-state index contributed by atoms with van der Waals surface area (Å²) in [4.78, 5) is 3.76. The molecular formula is C45H25N5. The van der Waals surface area contributed by atoms with Crippen molar-refractivity contribution in [1.29, 1.82) is 10.5 Å². The van der Waals surface area contributed by atoms with Crippen molar-refractivity contribution in [2.24, 2.45) is 0 Å². The zero-order chi connectivity index (χ0) is 33.8. The molecule has 0 bridgehead atoms. The van der Waals surface area contributed by atoms with Crippen LogP contribution in [0.3, 0.4) is 0 Å². The van der Waals surface area contributed by atoms with Crippen LogP contribution in [0.1, 0.15) is 11.1 Å². The molecule has 5 heteroatoms. The topological polar surface area (TPSA) is 61.8 Å². The molecule has 0 amide bonds. The number of aromatic nitrogens is 2. The number of benzene rings is 7. The van der Waals surface area contributed by atoms with E-state index in [1.807, 2.05) is 84.9 Å². The Bertz CT molecular complexity index is 2900. The molecule has 0 spiro atoms. The van der Waals surface area contributed by atoms with Crippen LogP contribution in [0.5, 0.6) is 0 Å². The Morgan fingerprint density at radius 2 is 1.06 bits per heavy atom. The number of fused-ring (bicyclic) bond motifs is 6. The minimum atomic E-state index is 0.552. The van der Waals surface area contributed by atoms with Crippen molar-refractivity contribution in [2.75, 3.05) is 0 Å². The number of rotatable bonds is 4. The van der Waals surface area contributed by atoms with E-state index in [-0.39, 0.29) is 0 Å². The lowest BCUT2D eigenvalue weighted by atomic mass is 9.94. The minimum Gasteiger partial charge on any atom is -0.310 e. The third-order valence-electron chi connectivity index (χ3n) is 9.62. The highest BCUT2D eigenvalue weighted by Gasteiger charge is 2.18. The standard InChI is InChI=1S/C45H25N5/c1-48-33-18-22-36(45(26-33)50-42-12-6-2-8-37(42)38-9-3-7-13-43(38)50)31-17-21-35(32(25-31)28-47)30-15-19-34(20-16-30)49-41-11-5-4-10-39(41)40-24-29(27-46)14-23-44(40)49/h2-26H. The molecule has 0 N–H and O–H groups in total. The highest BCUT2D eigenvalue weighted by Crippen LogP contribution is 2.39. The summed E-state index contributed by atoms with van der Waals surface area (Å²) in [5, 5.41) is 24.4. The van der Waals surface area contributed by atoms with E-state index in [0.717, 1.165) is 77.2 Å². The third-order valence-corrected chi connectivity index (χ3v) is 9.62. The Kier molecular flexibility index (Phi) is 6.56. The van der Waals surface area contributed by atoms with E-state index in [1.165, 1.54) is 0 Å². The summed E-state index contributed by atoms with van der Waals surface area (Å²) >= 11 is 0. The van der Waals surface area contributed by atoms with Gasteiger partial charge in [0.25, 0.3) is 0 Å². The first kappa shape index (κ1) is 28.8. The molecule has 0 aliphatic rings. The van der Waals surface area contributed by atoms with Gasteiger partial charge in [-0.05, 0) is 77.4 Å². The van der Waals surface area contributed by atoms with Crippen LogP contribution in [0, 0.1) is 29.2 Å². The molecule has 2 aromatic heterocycles. The van der Waals surface area contributed by atoms with Crippen LogP contribution in [0.4, 0.5) is 5.69 Å². The molecule has 9 aromatic rings. The Labute approximate surface area is 288 Å². The maximum absolute atomic E-state index is 10.4. The Morgan fingerprint density at radius 1 is 0.480 bits per heavy atom. The van der Waals surface area contributed by atoms with Crippen molar-refractivity contribution in [1.82, 2.24) is 9.13 Å². The van der Waals surface area contributed by atoms with Gasteiger partial charge in [-0.1, -0.05) is 91.0 Å². The van der Waals surface area contributed by atoms with Gasteiger partial charge in [-0.15, -0.1) is 0 Å². The molecule has 2 heterocycles. The van der Waals surface area contributed by atoms with Crippen LogP contribution in [0.2, 0.25) is 0 Å². The second kappa shape index (κ2) is 11.4. The monoisotopic (exact) mass is 635 g/mol. The van der Waals surface area contributed by atoms with Gasteiger partial charge in [0, 0.05) is 38.5 Å². The molecule has 5 nitrogen and oxygen atoms in total. The number of nitrogens with zero attached hydrogens (tertiary/aromatic N) is 5. The summed E-state index contributed by atoms with van der Waals surface area (Å²) in [5.74, 6) is 0. The van der Waals surface area contributed by atoms with Crippen LogP contribution < -0.4 is 0 Å². The molecule has 0 atom stereocenters. The predicted octanol–water partition coefficient (Wildman–Crippen LogP) is 11.5. The van der Waals surface area contributed by atoms with E-state index in [2.05, 4.69) is 92.8 Å². The highest BCUT2D eigenvalue weighted by atomic mass is 15.0. The second-order valence-corrected chi connectivity index (χ2v) is 12.3. The molecule has 0 fully saturated rings. The van der Waals surface area contributed by atoms with Crippen molar-refractivity contribution in [2.45, 2.75) is 0 Å². The summed E-state index contributed by atoms with van der Waals surface area (Å²) in [6, 6.07) is 55.5. The maximum atomic E-state index is 10.4. The first-order valence-electron chi connectivity index (χ1n) is 16.3.